The molecule has 0 amide bonds. The van der Waals surface area contributed by atoms with Gasteiger partial charge in [0.25, 0.3) is 0 Å². The summed E-state index contributed by atoms with van der Waals surface area (Å²) in [6.45, 7) is 1.33. The standard InChI is InChI=1S/C13H16F2N2OS/c1-8-7-9(2)19-13(16-8)17-10-5-3-4-6-11(10)18-12(14)15/h3-6,8-9,12H,7H2,1-2H3,(H,16,17). The van der Waals surface area contributed by atoms with Crippen molar-refractivity contribution in [1.29, 1.82) is 0 Å². The molecule has 2 atom stereocenters. The van der Waals surface area contributed by atoms with Crippen molar-refractivity contribution in [3.8, 4) is 5.75 Å². The highest BCUT2D eigenvalue weighted by atomic mass is 32.2. The summed E-state index contributed by atoms with van der Waals surface area (Å²) in [6, 6.07) is 6.87. The number of nitrogens with zero attached hydrogens (tertiary/aromatic N) is 1. The molecule has 19 heavy (non-hydrogen) atoms. The van der Waals surface area contributed by atoms with E-state index in [1.807, 2.05) is 6.92 Å². The van der Waals surface area contributed by atoms with Crippen LogP contribution in [0.2, 0.25) is 0 Å². The lowest BCUT2D eigenvalue weighted by atomic mass is 10.2. The molecule has 0 aliphatic carbocycles. The topological polar surface area (TPSA) is 33.6 Å². The van der Waals surface area contributed by atoms with Crippen molar-refractivity contribution in [2.45, 2.75) is 38.2 Å². The first-order valence-corrected chi connectivity index (χ1v) is 6.98. The van der Waals surface area contributed by atoms with Crippen molar-refractivity contribution in [3.05, 3.63) is 24.3 Å². The average Bonchev–Trinajstić information content (AvgIpc) is 2.29. The summed E-state index contributed by atoms with van der Waals surface area (Å²) in [7, 11) is 0. The molecule has 1 N–H and O–H groups in total. The number of ether oxygens (including phenoxy) is 1. The number of thioether (sulfide) groups is 1. The molecule has 0 aromatic heterocycles. The molecule has 1 aromatic carbocycles. The molecule has 104 valence electrons. The third-order valence-electron chi connectivity index (χ3n) is 2.67. The maximum atomic E-state index is 12.3. The maximum absolute atomic E-state index is 12.3. The summed E-state index contributed by atoms with van der Waals surface area (Å²) >= 11 is 1.61. The van der Waals surface area contributed by atoms with Crippen LogP contribution in [0.5, 0.6) is 5.75 Å². The van der Waals surface area contributed by atoms with Gasteiger partial charge in [-0.05, 0) is 25.5 Å². The summed E-state index contributed by atoms with van der Waals surface area (Å²) in [5.41, 5.74) is 0.510. The first-order valence-electron chi connectivity index (χ1n) is 6.10. The van der Waals surface area contributed by atoms with Gasteiger partial charge in [-0.15, -0.1) is 0 Å². The second-order valence-electron chi connectivity index (χ2n) is 4.45. The second kappa shape index (κ2) is 6.23. The van der Waals surface area contributed by atoms with Crippen LogP contribution >= 0.6 is 11.8 Å². The van der Waals surface area contributed by atoms with E-state index in [-0.39, 0.29) is 11.8 Å². The van der Waals surface area contributed by atoms with Gasteiger partial charge in [0.1, 0.15) is 5.75 Å². The van der Waals surface area contributed by atoms with Gasteiger partial charge in [-0.25, -0.2) is 0 Å². The summed E-state index contributed by atoms with van der Waals surface area (Å²) in [6.07, 6.45) is 1.02. The van der Waals surface area contributed by atoms with E-state index in [9.17, 15) is 8.78 Å². The highest BCUT2D eigenvalue weighted by Crippen LogP contribution is 2.30. The molecule has 0 spiro atoms. The SMILES string of the molecule is CC1CC(C)SC(Nc2ccccc2OC(F)F)=N1. The highest BCUT2D eigenvalue weighted by molar-refractivity contribution is 8.14. The summed E-state index contributed by atoms with van der Waals surface area (Å²) in [4.78, 5) is 4.47. The zero-order valence-corrected chi connectivity index (χ0v) is 11.6. The predicted octanol–water partition coefficient (Wildman–Crippen LogP) is 3.97. The van der Waals surface area contributed by atoms with E-state index in [4.69, 9.17) is 0 Å². The molecule has 6 heteroatoms. The lowest BCUT2D eigenvalue weighted by Crippen LogP contribution is -2.23. The zero-order chi connectivity index (χ0) is 13.8. The van der Waals surface area contributed by atoms with Crippen LogP contribution < -0.4 is 10.1 Å². The minimum atomic E-state index is -2.83. The van der Waals surface area contributed by atoms with Crippen molar-refractivity contribution in [2.24, 2.45) is 4.99 Å². The number of hydrogen-bond acceptors (Lipinski definition) is 4. The number of aliphatic imine (C=N–C) groups is 1. The fraction of sp³-hybridized carbons (Fsp3) is 0.462. The van der Waals surface area contributed by atoms with Gasteiger partial charge in [-0.2, -0.15) is 8.78 Å². The van der Waals surface area contributed by atoms with Gasteiger partial charge >= 0.3 is 6.61 Å². The van der Waals surface area contributed by atoms with E-state index >= 15 is 0 Å². The Labute approximate surface area is 115 Å². The number of benzene rings is 1. The number of alkyl halides is 2. The zero-order valence-electron chi connectivity index (χ0n) is 10.8. The molecule has 0 saturated carbocycles. The molecule has 2 unspecified atom stereocenters. The third-order valence-corrected chi connectivity index (χ3v) is 3.69. The Kier molecular flexibility index (Phi) is 4.63. The van der Waals surface area contributed by atoms with Crippen LogP contribution in [0.3, 0.4) is 0 Å². The van der Waals surface area contributed by atoms with Gasteiger partial charge in [-0.3, -0.25) is 4.99 Å². The van der Waals surface area contributed by atoms with Crippen molar-refractivity contribution in [3.63, 3.8) is 0 Å². The molecule has 3 nitrogen and oxygen atoms in total. The fourth-order valence-electron chi connectivity index (χ4n) is 1.95. The second-order valence-corrected chi connectivity index (χ2v) is 5.87. The van der Waals surface area contributed by atoms with Crippen molar-refractivity contribution in [1.82, 2.24) is 0 Å². The van der Waals surface area contributed by atoms with Gasteiger partial charge in [0.15, 0.2) is 5.17 Å². The Morgan fingerprint density at radius 3 is 2.79 bits per heavy atom. The Morgan fingerprint density at radius 1 is 1.37 bits per heavy atom. The largest absolute Gasteiger partial charge is 0.433 e. The van der Waals surface area contributed by atoms with Crippen LogP contribution in [0.4, 0.5) is 14.5 Å². The number of amidine groups is 1. The Balaban J connectivity index is 2.14. The third kappa shape index (κ3) is 4.09. The molecular formula is C13H16F2N2OS. The fourth-order valence-corrected chi connectivity index (χ4v) is 3.11. The summed E-state index contributed by atoms with van der Waals surface area (Å²) in [5, 5.41) is 4.27. The lowest BCUT2D eigenvalue weighted by Gasteiger charge is -2.23. The summed E-state index contributed by atoms with van der Waals surface area (Å²) in [5.74, 6) is 0.131. The Bertz CT molecular complexity index is 468. The molecule has 1 heterocycles. The van der Waals surface area contributed by atoms with E-state index in [0.29, 0.717) is 10.9 Å². The van der Waals surface area contributed by atoms with Crippen LogP contribution in [-0.4, -0.2) is 23.1 Å². The molecule has 1 aromatic rings. The van der Waals surface area contributed by atoms with E-state index in [2.05, 4.69) is 22.0 Å². The van der Waals surface area contributed by atoms with E-state index < -0.39 is 6.61 Å². The van der Waals surface area contributed by atoms with Gasteiger partial charge in [0, 0.05) is 5.25 Å². The van der Waals surface area contributed by atoms with E-state index in [0.717, 1.165) is 11.6 Å². The van der Waals surface area contributed by atoms with Crippen LogP contribution in [0, 0.1) is 0 Å². The predicted molar refractivity (Wildman–Crippen MR) is 75.3 cm³/mol. The monoisotopic (exact) mass is 286 g/mol. The van der Waals surface area contributed by atoms with Crippen molar-refractivity contribution < 1.29 is 13.5 Å². The van der Waals surface area contributed by atoms with Crippen LogP contribution in [0.15, 0.2) is 29.3 Å². The average molecular weight is 286 g/mol. The van der Waals surface area contributed by atoms with Crippen molar-refractivity contribution >= 4 is 22.6 Å². The minimum Gasteiger partial charge on any atom is -0.433 e. The number of para-hydroxylation sites is 2. The highest BCUT2D eigenvalue weighted by Gasteiger charge is 2.19. The first kappa shape index (κ1) is 14.1. The number of nitrogens with one attached hydrogen (secondary N) is 1. The minimum absolute atomic E-state index is 0.131. The molecule has 1 aliphatic rings. The van der Waals surface area contributed by atoms with Crippen LogP contribution in [-0.2, 0) is 0 Å². The number of hydrogen-bond donors (Lipinski definition) is 1. The lowest BCUT2D eigenvalue weighted by molar-refractivity contribution is -0.0493. The maximum Gasteiger partial charge on any atom is 0.387 e. The quantitative estimate of drug-likeness (QED) is 0.912. The normalized spacial score (nSPS) is 23.1. The number of anilines is 1. The van der Waals surface area contributed by atoms with Gasteiger partial charge in [-0.1, -0.05) is 30.8 Å². The Hall–Kier alpha value is -1.30. The van der Waals surface area contributed by atoms with Crippen LogP contribution in [0.1, 0.15) is 20.3 Å². The van der Waals surface area contributed by atoms with Gasteiger partial charge in [0.05, 0.1) is 11.7 Å². The smallest absolute Gasteiger partial charge is 0.387 e. The number of rotatable bonds is 3. The Morgan fingerprint density at radius 2 is 2.11 bits per heavy atom. The van der Waals surface area contributed by atoms with E-state index in [1.165, 1.54) is 6.07 Å². The van der Waals surface area contributed by atoms with Gasteiger partial charge in [0.2, 0.25) is 0 Å². The summed E-state index contributed by atoms with van der Waals surface area (Å²) < 4.78 is 29.1. The van der Waals surface area contributed by atoms with Gasteiger partial charge < -0.3 is 10.1 Å². The molecule has 0 fully saturated rings. The molecule has 1 aliphatic heterocycles. The molecule has 0 bridgehead atoms. The molecule has 0 saturated heterocycles. The first-order chi connectivity index (χ1) is 9.04. The van der Waals surface area contributed by atoms with Crippen molar-refractivity contribution in [2.75, 3.05) is 5.32 Å². The molecule has 0 radical (unpaired) electrons. The number of halogens is 2. The molecule has 2 rings (SSSR count). The van der Waals surface area contributed by atoms with E-state index in [1.54, 1.807) is 30.0 Å². The molecular weight excluding hydrogens is 270 g/mol. The van der Waals surface area contributed by atoms with Crippen LogP contribution in [0.25, 0.3) is 0 Å².